The van der Waals surface area contributed by atoms with Gasteiger partial charge in [0.1, 0.15) is 11.3 Å². The minimum Gasteiger partial charge on any atom is -0.507 e. The zero-order valence-electron chi connectivity index (χ0n) is 12.5. The highest BCUT2D eigenvalue weighted by Gasteiger charge is 2.43. The van der Waals surface area contributed by atoms with Gasteiger partial charge in [-0.2, -0.15) is 4.99 Å². The number of halogens is 1. The average Bonchev–Trinajstić information content (AvgIpc) is 3.01. The third-order valence-electron chi connectivity index (χ3n) is 3.61. The van der Waals surface area contributed by atoms with Crippen LogP contribution in [0.25, 0.3) is 5.70 Å². The molecule has 24 heavy (non-hydrogen) atoms. The van der Waals surface area contributed by atoms with Gasteiger partial charge in [-0.05, 0) is 12.1 Å². The standard InChI is InChI=1S/C16H13N3O4.ClH/c20-12(6-7-14(22)23)15-13(21)8-11(10-4-2-1-3-5-10)19-16(15)17-9-18-19;/h1-5,8-9,16H,6-7H2,(H-,20,21,22,23);1H/p+1. The number of fused-ring (bicyclic) bond motifs is 1. The van der Waals surface area contributed by atoms with Gasteiger partial charge in [0, 0.05) is 17.1 Å². The number of aliphatic carboxylic acids is 1. The fourth-order valence-corrected chi connectivity index (χ4v) is 2.54. The number of aliphatic hydroxyl groups excluding tert-OH is 1. The van der Waals surface area contributed by atoms with Gasteiger partial charge in [0.05, 0.1) is 12.5 Å². The van der Waals surface area contributed by atoms with Crippen LogP contribution < -0.4 is 0 Å². The summed E-state index contributed by atoms with van der Waals surface area (Å²) in [6, 6.07) is 9.31. The SMILES string of the molecule is Cl.O=C(O)CCC(=O)C1=C(O)C=C(c2ccccc2)[N+]2=NC=NC12. The van der Waals surface area contributed by atoms with Crippen molar-refractivity contribution in [3.05, 3.63) is 53.3 Å². The second-order valence-electron chi connectivity index (χ2n) is 5.11. The molecule has 0 spiro atoms. The quantitative estimate of drug-likeness (QED) is 0.798. The molecule has 2 aliphatic rings. The number of aliphatic hydroxyl groups is 1. The van der Waals surface area contributed by atoms with E-state index in [1.165, 1.54) is 12.4 Å². The van der Waals surface area contributed by atoms with Crippen LogP contribution in [0.1, 0.15) is 18.4 Å². The first-order valence-corrected chi connectivity index (χ1v) is 7.05. The largest absolute Gasteiger partial charge is 0.507 e. The van der Waals surface area contributed by atoms with E-state index in [-0.39, 0.29) is 36.6 Å². The number of hydrogen-bond donors (Lipinski definition) is 2. The predicted molar refractivity (Wildman–Crippen MR) is 88.2 cm³/mol. The van der Waals surface area contributed by atoms with Gasteiger partial charge in [-0.1, -0.05) is 22.9 Å². The maximum Gasteiger partial charge on any atom is 0.312 e. The topological polar surface area (TPSA) is 102 Å². The summed E-state index contributed by atoms with van der Waals surface area (Å²) in [5.41, 5.74) is 1.53. The molecular weight excluding hydrogens is 334 g/mol. The number of hydrogen-bond acceptors (Lipinski definition) is 5. The van der Waals surface area contributed by atoms with E-state index in [0.29, 0.717) is 5.70 Å². The molecule has 0 bridgehead atoms. The Kier molecular flexibility index (Phi) is 5.25. The first-order valence-electron chi connectivity index (χ1n) is 7.05. The van der Waals surface area contributed by atoms with Crippen molar-refractivity contribution in [1.82, 2.24) is 0 Å². The van der Waals surface area contributed by atoms with Crippen LogP contribution in [0.5, 0.6) is 0 Å². The molecule has 1 unspecified atom stereocenters. The lowest BCUT2D eigenvalue weighted by Gasteiger charge is -2.16. The summed E-state index contributed by atoms with van der Waals surface area (Å²) in [6.45, 7) is 0. The van der Waals surface area contributed by atoms with Crippen LogP contribution in [-0.4, -0.2) is 39.2 Å². The van der Waals surface area contributed by atoms with E-state index in [1.54, 1.807) is 4.70 Å². The molecule has 0 saturated heterocycles. The smallest absolute Gasteiger partial charge is 0.312 e. The minimum atomic E-state index is -1.06. The molecule has 3 rings (SSSR count). The van der Waals surface area contributed by atoms with Crippen LogP contribution in [0.15, 0.2) is 57.8 Å². The summed E-state index contributed by atoms with van der Waals surface area (Å²) < 4.78 is 1.54. The molecule has 1 atom stereocenters. The second kappa shape index (κ2) is 7.18. The van der Waals surface area contributed by atoms with E-state index in [2.05, 4.69) is 10.1 Å². The van der Waals surface area contributed by atoms with Gasteiger partial charge in [-0.15, -0.1) is 12.4 Å². The molecule has 2 heterocycles. The highest BCUT2D eigenvalue weighted by Crippen LogP contribution is 2.32. The van der Waals surface area contributed by atoms with Crippen molar-refractivity contribution in [2.75, 3.05) is 0 Å². The number of aliphatic imine (C=N–C) groups is 1. The van der Waals surface area contributed by atoms with Crippen LogP contribution >= 0.6 is 12.4 Å². The van der Waals surface area contributed by atoms with Crippen LogP contribution in [0.4, 0.5) is 0 Å². The Hall–Kier alpha value is -2.80. The number of allylic oxidation sites excluding steroid dienone is 1. The summed E-state index contributed by atoms with van der Waals surface area (Å²) in [6.07, 6.45) is 1.54. The molecule has 2 aliphatic heterocycles. The number of benzene rings is 1. The highest BCUT2D eigenvalue weighted by molar-refractivity contribution is 5.99. The van der Waals surface area contributed by atoms with Crippen molar-refractivity contribution >= 4 is 36.2 Å². The Bertz CT molecular complexity index is 797. The average molecular weight is 349 g/mol. The Balaban J connectivity index is 0.00000208. The van der Waals surface area contributed by atoms with Gasteiger partial charge in [-0.25, -0.2) is 0 Å². The summed E-state index contributed by atoms with van der Waals surface area (Å²) in [4.78, 5) is 27.0. The van der Waals surface area contributed by atoms with Gasteiger partial charge in [0.2, 0.25) is 5.70 Å². The minimum absolute atomic E-state index is 0. The number of carboxylic acid groups (broad SMARTS) is 1. The number of carboxylic acids is 1. The van der Waals surface area contributed by atoms with E-state index in [4.69, 9.17) is 5.11 Å². The molecule has 0 aromatic heterocycles. The lowest BCUT2D eigenvalue weighted by molar-refractivity contribution is -0.520. The van der Waals surface area contributed by atoms with Crippen molar-refractivity contribution in [2.45, 2.75) is 19.0 Å². The molecule has 7 nitrogen and oxygen atoms in total. The Labute approximate surface area is 143 Å². The summed E-state index contributed by atoms with van der Waals surface area (Å²) >= 11 is 0. The van der Waals surface area contributed by atoms with Crippen molar-refractivity contribution in [3.8, 4) is 0 Å². The monoisotopic (exact) mass is 348 g/mol. The maximum absolute atomic E-state index is 12.2. The summed E-state index contributed by atoms with van der Waals surface area (Å²) in [7, 11) is 0. The van der Waals surface area contributed by atoms with E-state index in [1.807, 2.05) is 30.3 Å². The van der Waals surface area contributed by atoms with E-state index >= 15 is 0 Å². The number of rotatable bonds is 5. The predicted octanol–water partition coefficient (Wildman–Crippen LogP) is 2.54. The number of carbonyl (C=O) groups excluding carboxylic acids is 1. The van der Waals surface area contributed by atoms with E-state index < -0.39 is 17.9 Å². The van der Waals surface area contributed by atoms with E-state index in [9.17, 15) is 14.7 Å². The molecule has 124 valence electrons. The van der Waals surface area contributed by atoms with Crippen LogP contribution in [0.2, 0.25) is 0 Å². The fourth-order valence-electron chi connectivity index (χ4n) is 2.54. The molecule has 0 fully saturated rings. The lowest BCUT2D eigenvalue weighted by atomic mass is 9.97. The Morgan fingerprint density at radius 3 is 2.54 bits per heavy atom. The van der Waals surface area contributed by atoms with Crippen molar-refractivity contribution in [3.63, 3.8) is 0 Å². The third kappa shape index (κ3) is 3.26. The Morgan fingerprint density at radius 2 is 1.88 bits per heavy atom. The molecule has 1 aromatic carbocycles. The number of Topliss-reactive ketones (excluding diaryl/α,β-unsaturated/α-hetero) is 1. The number of carbonyl (C=O) groups is 2. The summed E-state index contributed by atoms with van der Waals surface area (Å²) in [5, 5.41) is 23.1. The zero-order valence-corrected chi connectivity index (χ0v) is 13.3. The van der Waals surface area contributed by atoms with Gasteiger partial charge >= 0.3 is 12.1 Å². The van der Waals surface area contributed by atoms with Crippen LogP contribution in [0, 0.1) is 0 Å². The third-order valence-corrected chi connectivity index (χ3v) is 3.61. The Morgan fingerprint density at radius 1 is 1.17 bits per heavy atom. The molecule has 0 radical (unpaired) electrons. The molecule has 1 aromatic rings. The molecular formula is C16H15ClN3O4+. The summed E-state index contributed by atoms with van der Waals surface area (Å²) in [5.74, 6) is -1.71. The molecule has 0 amide bonds. The molecule has 2 N–H and O–H groups in total. The van der Waals surface area contributed by atoms with Gasteiger partial charge in [-0.3, -0.25) is 9.59 Å². The van der Waals surface area contributed by atoms with E-state index in [0.717, 1.165) is 5.56 Å². The normalized spacial score (nSPS) is 18.4. The first-order chi connectivity index (χ1) is 11.1. The zero-order chi connectivity index (χ0) is 16.4. The molecule has 0 aliphatic carbocycles. The van der Waals surface area contributed by atoms with Crippen LogP contribution in [-0.2, 0) is 9.59 Å². The van der Waals surface area contributed by atoms with Crippen molar-refractivity contribution < 1.29 is 24.5 Å². The van der Waals surface area contributed by atoms with Gasteiger partial charge in [0.25, 0.3) is 0 Å². The lowest BCUT2D eigenvalue weighted by Crippen LogP contribution is -2.30. The fraction of sp³-hybridized carbons (Fsp3) is 0.188. The maximum atomic E-state index is 12.2. The van der Waals surface area contributed by atoms with Gasteiger partial charge in [0.15, 0.2) is 12.1 Å². The second-order valence-corrected chi connectivity index (χ2v) is 5.11. The van der Waals surface area contributed by atoms with Gasteiger partial charge < -0.3 is 10.2 Å². The molecule has 8 heteroatoms. The van der Waals surface area contributed by atoms with Crippen molar-refractivity contribution in [1.29, 1.82) is 0 Å². The number of nitrogens with zero attached hydrogens (tertiary/aromatic N) is 3. The number of ketones is 1. The highest BCUT2D eigenvalue weighted by atomic mass is 35.5. The van der Waals surface area contributed by atoms with Crippen LogP contribution in [0.3, 0.4) is 0 Å². The first kappa shape index (κ1) is 17.6. The van der Waals surface area contributed by atoms with Crippen molar-refractivity contribution in [2.24, 2.45) is 10.1 Å². The molecule has 0 saturated carbocycles. The number of azo groups is 2.